The number of hydrogen-bond acceptors (Lipinski definition) is 3. The van der Waals surface area contributed by atoms with Gasteiger partial charge in [-0.3, -0.25) is 0 Å². The van der Waals surface area contributed by atoms with Crippen LogP contribution in [0.5, 0.6) is 0 Å². The molecule has 0 aromatic heterocycles. The summed E-state index contributed by atoms with van der Waals surface area (Å²) in [5, 5.41) is 4.98. The lowest BCUT2D eigenvalue weighted by molar-refractivity contribution is 0.260. The van der Waals surface area contributed by atoms with E-state index in [9.17, 15) is 0 Å². The molecule has 1 unspecified atom stereocenters. The van der Waals surface area contributed by atoms with Gasteiger partial charge in [-0.25, -0.2) is 9.75 Å². The number of rotatable bonds is 0. The lowest BCUT2D eigenvalue weighted by Gasteiger charge is -2.09. The molecule has 1 aliphatic rings. The lowest BCUT2D eigenvalue weighted by atomic mass is 10.6. The molecule has 0 saturated heterocycles. The van der Waals surface area contributed by atoms with E-state index in [4.69, 9.17) is 0 Å². The second-order valence-corrected chi connectivity index (χ2v) is 2.19. The Balaban J connectivity index is 2.45. The molecule has 0 spiro atoms. The fraction of sp³-hybridized carbons (Fsp3) is 1.00. The summed E-state index contributed by atoms with van der Waals surface area (Å²) in [5.74, 6) is 0. The zero-order chi connectivity index (χ0) is 5.28. The molecule has 1 rings (SSSR count). The molecule has 0 aromatic carbocycles. The van der Waals surface area contributed by atoms with Crippen LogP contribution in [0.25, 0.3) is 0 Å². The highest BCUT2D eigenvalue weighted by atomic mass is 31.1. The van der Waals surface area contributed by atoms with Gasteiger partial charge in [0.15, 0.2) is 0 Å². The van der Waals surface area contributed by atoms with Crippen molar-refractivity contribution in [3.8, 4) is 0 Å². The van der Waals surface area contributed by atoms with Crippen molar-refractivity contribution in [1.29, 1.82) is 0 Å². The van der Waals surface area contributed by atoms with Crippen LogP contribution in [-0.2, 0) is 0 Å². The Hall–Kier alpha value is 0.0200. The normalized spacial score (nSPS) is 34.3. The molecular weight excluding hydrogens is 109 g/mol. The summed E-state index contributed by atoms with van der Waals surface area (Å²) in [7, 11) is 2.96. The van der Waals surface area contributed by atoms with Gasteiger partial charge in [0.05, 0.1) is 0 Å². The van der Waals surface area contributed by atoms with Crippen LogP contribution in [0.1, 0.15) is 6.92 Å². The summed E-state index contributed by atoms with van der Waals surface area (Å²) in [6, 6.07) is 0. The van der Waals surface area contributed by atoms with Gasteiger partial charge in [0.1, 0.15) is 14.7 Å². The van der Waals surface area contributed by atoms with Gasteiger partial charge in [-0.05, 0) is 6.92 Å². The molecule has 4 heteroatoms. The van der Waals surface area contributed by atoms with Crippen LogP contribution >= 0.6 is 8.52 Å². The van der Waals surface area contributed by atoms with E-state index in [2.05, 4.69) is 9.94 Å². The average molecular weight is 117 g/mol. The second-order valence-electron chi connectivity index (χ2n) is 1.56. The molecule has 40 valence electrons. The first kappa shape index (κ1) is 5.16. The Labute approximate surface area is 44.6 Å². The van der Waals surface area contributed by atoms with E-state index < -0.39 is 0 Å². The quantitative estimate of drug-likeness (QED) is 0.476. The van der Waals surface area contributed by atoms with Crippen LogP contribution in [0.4, 0.5) is 0 Å². The zero-order valence-electron chi connectivity index (χ0n) is 4.42. The van der Waals surface area contributed by atoms with Crippen molar-refractivity contribution in [3.05, 3.63) is 0 Å². The predicted molar refractivity (Wildman–Crippen MR) is 29.7 cm³/mol. The van der Waals surface area contributed by atoms with E-state index in [-0.39, 0.29) is 0 Å². The Morgan fingerprint density at radius 1 is 1.86 bits per heavy atom. The molecule has 1 aliphatic heterocycles. The highest BCUT2D eigenvalue weighted by Gasteiger charge is 2.09. The van der Waals surface area contributed by atoms with Crippen LogP contribution in [0, 0.1) is 0 Å². The summed E-state index contributed by atoms with van der Waals surface area (Å²) in [6.45, 7) is 2.05. The van der Waals surface area contributed by atoms with Crippen LogP contribution < -0.4 is 5.20 Å². The molecule has 7 heavy (non-hydrogen) atoms. The zero-order valence-corrected chi connectivity index (χ0v) is 5.31. The molecule has 0 aromatic rings. The fourth-order valence-electron chi connectivity index (χ4n) is 0.341. The van der Waals surface area contributed by atoms with Gasteiger partial charge in [-0.15, -0.1) is 0 Å². The van der Waals surface area contributed by atoms with Crippen LogP contribution in [0.3, 0.4) is 0 Å². The number of hydrazine groups is 1. The minimum absolute atomic E-state index is 0.349. The highest BCUT2D eigenvalue weighted by Crippen LogP contribution is 2.10. The molecule has 0 bridgehead atoms. The molecule has 0 amide bonds. The van der Waals surface area contributed by atoms with Crippen LogP contribution in [0.2, 0.25) is 0 Å². The van der Waals surface area contributed by atoms with Gasteiger partial charge < -0.3 is 0 Å². The molecule has 1 heterocycles. The van der Waals surface area contributed by atoms with E-state index in [0.717, 1.165) is 8.52 Å². The maximum Gasteiger partial charge on any atom is 0.118 e. The number of hydrogen-bond donors (Lipinski definition) is 1. The third-order valence-electron chi connectivity index (χ3n) is 0.988. The standard InChI is InChI=1S/C3H8N3P/c1-3-4-7-5-6(3)2/h3H,1-2H3,(H,4,5). The maximum atomic E-state index is 4.10. The SMILES string of the molecule is CC1N=PNN1C. The van der Waals surface area contributed by atoms with Gasteiger partial charge in [0.25, 0.3) is 0 Å². The maximum absolute atomic E-state index is 4.10. The van der Waals surface area contributed by atoms with Crippen LogP contribution in [0.15, 0.2) is 4.74 Å². The number of nitrogens with zero attached hydrogens (tertiary/aromatic N) is 2. The summed E-state index contributed by atoms with van der Waals surface area (Å²) in [4.78, 5) is 0. The summed E-state index contributed by atoms with van der Waals surface area (Å²) < 4.78 is 4.10. The van der Waals surface area contributed by atoms with Crippen molar-refractivity contribution in [2.24, 2.45) is 4.74 Å². The van der Waals surface area contributed by atoms with E-state index in [0.29, 0.717) is 6.17 Å². The van der Waals surface area contributed by atoms with Crippen molar-refractivity contribution < 1.29 is 0 Å². The minimum Gasteiger partial charge on any atom is -0.232 e. The topological polar surface area (TPSA) is 27.6 Å². The van der Waals surface area contributed by atoms with Crippen molar-refractivity contribution in [1.82, 2.24) is 10.2 Å². The molecule has 1 N–H and O–H groups in total. The fourth-order valence-corrected chi connectivity index (χ4v) is 1.02. The molecular formula is C3H8N3P. The number of nitrogens with one attached hydrogen (secondary N) is 1. The van der Waals surface area contributed by atoms with Gasteiger partial charge in [-0.1, -0.05) is 0 Å². The Morgan fingerprint density at radius 3 is 2.71 bits per heavy atom. The van der Waals surface area contributed by atoms with E-state index in [1.807, 2.05) is 19.0 Å². The van der Waals surface area contributed by atoms with E-state index >= 15 is 0 Å². The average Bonchev–Trinajstić information content (AvgIpc) is 1.91. The monoisotopic (exact) mass is 117 g/mol. The smallest absolute Gasteiger partial charge is 0.118 e. The van der Waals surface area contributed by atoms with Crippen molar-refractivity contribution in [2.45, 2.75) is 13.1 Å². The van der Waals surface area contributed by atoms with Gasteiger partial charge in [0, 0.05) is 7.05 Å². The third kappa shape index (κ3) is 0.969. The Bertz CT molecular complexity index is 92.2. The third-order valence-corrected chi connectivity index (χ3v) is 1.84. The van der Waals surface area contributed by atoms with Gasteiger partial charge in [0.2, 0.25) is 0 Å². The van der Waals surface area contributed by atoms with E-state index in [1.54, 1.807) is 0 Å². The second kappa shape index (κ2) is 1.86. The summed E-state index contributed by atoms with van der Waals surface area (Å²) in [6.07, 6.45) is 0.349. The lowest BCUT2D eigenvalue weighted by Crippen LogP contribution is -2.29. The first-order chi connectivity index (χ1) is 3.30. The Morgan fingerprint density at radius 2 is 2.57 bits per heavy atom. The molecule has 3 nitrogen and oxygen atoms in total. The van der Waals surface area contributed by atoms with Crippen molar-refractivity contribution in [3.63, 3.8) is 0 Å². The summed E-state index contributed by atoms with van der Waals surface area (Å²) in [5.41, 5.74) is 0. The largest absolute Gasteiger partial charge is 0.232 e. The minimum atomic E-state index is 0.349. The molecule has 0 radical (unpaired) electrons. The Kier molecular flexibility index (Phi) is 1.38. The van der Waals surface area contributed by atoms with E-state index in [1.165, 1.54) is 0 Å². The van der Waals surface area contributed by atoms with Crippen LogP contribution in [-0.4, -0.2) is 18.2 Å². The van der Waals surface area contributed by atoms with Gasteiger partial charge >= 0.3 is 0 Å². The van der Waals surface area contributed by atoms with Gasteiger partial charge in [-0.2, -0.15) is 5.20 Å². The first-order valence-electron chi connectivity index (χ1n) is 2.19. The molecule has 0 aliphatic carbocycles. The molecule has 0 saturated carbocycles. The predicted octanol–water partition coefficient (Wildman–Crippen LogP) is 0.827. The highest BCUT2D eigenvalue weighted by molar-refractivity contribution is 7.24. The summed E-state index contributed by atoms with van der Waals surface area (Å²) >= 11 is 0. The molecule has 0 fully saturated rings. The molecule has 1 atom stereocenters. The van der Waals surface area contributed by atoms with Crippen molar-refractivity contribution in [2.75, 3.05) is 7.05 Å². The van der Waals surface area contributed by atoms with Crippen molar-refractivity contribution >= 4 is 8.52 Å². The first-order valence-corrected chi connectivity index (χ1v) is 3.04.